The molecule has 3 rings (SSSR count). The van der Waals surface area contributed by atoms with E-state index in [0.29, 0.717) is 6.42 Å². The van der Waals surface area contributed by atoms with Gasteiger partial charge in [0, 0.05) is 31.3 Å². The lowest BCUT2D eigenvalue weighted by Gasteiger charge is -2.36. The van der Waals surface area contributed by atoms with Crippen molar-refractivity contribution in [2.45, 2.75) is 24.9 Å². The highest BCUT2D eigenvalue weighted by Gasteiger charge is 2.31. The predicted octanol–water partition coefficient (Wildman–Crippen LogP) is 2.14. The minimum atomic E-state index is -0.630. The van der Waals surface area contributed by atoms with E-state index in [4.69, 9.17) is 0 Å². The van der Waals surface area contributed by atoms with Crippen LogP contribution in [-0.4, -0.2) is 45.7 Å². The van der Waals surface area contributed by atoms with E-state index in [1.165, 1.54) is 0 Å². The Balaban J connectivity index is 1.70. The maximum Gasteiger partial charge on any atom is 0.0885 e. The number of likely N-dealkylation sites (tertiary alicyclic amines) is 1. The van der Waals surface area contributed by atoms with Crippen molar-refractivity contribution in [2.75, 3.05) is 20.1 Å². The molecule has 0 saturated carbocycles. The van der Waals surface area contributed by atoms with Gasteiger partial charge < -0.3 is 10.0 Å². The van der Waals surface area contributed by atoms with Crippen molar-refractivity contribution in [3.8, 4) is 11.3 Å². The summed E-state index contributed by atoms with van der Waals surface area (Å²) in [5.41, 5.74) is 2.17. The van der Waals surface area contributed by atoms with Crippen LogP contribution in [0.5, 0.6) is 0 Å². The number of aliphatic hydroxyl groups is 1. The van der Waals surface area contributed by atoms with Gasteiger partial charge >= 0.3 is 0 Å². The second kappa shape index (κ2) is 5.92. The first-order chi connectivity index (χ1) is 10.1. The Kier molecular flexibility index (Phi) is 3.99. The molecule has 0 bridgehead atoms. The fourth-order valence-corrected chi connectivity index (χ4v) is 2.75. The maximum atomic E-state index is 10.6. The number of hydrogen-bond donors (Lipinski definition) is 1. The molecular formula is C17H21N3O. The lowest BCUT2D eigenvalue weighted by Crippen LogP contribution is -2.44. The number of hydrogen-bond acceptors (Lipinski definition) is 4. The molecule has 0 amide bonds. The summed E-state index contributed by atoms with van der Waals surface area (Å²) in [7, 11) is 2.09. The molecule has 1 aliphatic rings. The second-order valence-electron chi connectivity index (χ2n) is 5.96. The van der Waals surface area contributed by atoms with Crippen molar-refractivity contribution in [3.05, 3.63) is 48.4 Å². The van der Waals surface area contributed by atoms with Crippen LogP contribution < -0.4 is 0 Å². The Labute approximate surface area is 125 Å². The molecule has 2 aromatic rings. The zero-order chi connectivity index (χ0) is 14.7. The third-order valence-corrected chi connectivity index (χ3v) is 4.20. The third-order valence-electron chi connectivity index (χ3n) is 4.20. The fourth-order valence-electron chi connectivity index (χ4n) is 2.75. The molecule has 0 unspecified atom stereocenters. The first-order valence-electron chi connectivity index (χ1n) is 7.42. The van der Waals surface area contributed by atoms with Crippen LogP contribution in [0.3, 0.4) is 0 Å². The van der Waals surface area contributed by atoms with Crippen molar-refractivity contribution in [3.63, 3.8) is 0 Å². The Bertz CT molecular complexity index is 575. The van der Waals surface area contributed by atoms with Gasteiger partial charge in [0.25, 0.3) is 0 Å². The van der Waals surface area contributed by atoms with Crippen LogP contribution in [0.15, 0.2) is 42.7 Å². The number of piperidine rings is 1. The van der Waals surface area contributed by atoms with Crippen LogP contribution in [0.1, 0.15) is 18.5 Å². The van der Waals surface area contributed by atoms with Gasteiger partial charge in [0.05, 0.1) is 23.2 Å². The average Bonchev–Trinajstić information content (AvgIpc) is 2.52. The topological polar surface area (TPSA) is 49.2 Å². The first kappa shape index (κ1) is 14.2. The fraction of sp³-hybridized carbons (Fsp3) is 0.412. The molecule has 0 atom stereocenters. The minimum Gasteiger partial charge on any atom is -0.389 e. The zero-order valence-electron chi connectivity index (χ0n) is 12.4. The number of nitrogens with zero attached hydrogens (tertiary/aromatic N) is 3. The zero-order valence-corrected chi connectivity index (χ0v) is 12.4. The summed E-state index contributed by atoms with van der Waals surface area (Å²) in [5, 5.41) is 10.6. The van der Waals surface area contributed by atoms with Crippen LogP contribution in [0.4, 0.5) is 0 Å². The molecule has 1 aromatic heterocycles. The van der Waals surface area contributed by atoms with Crippen molar-refractivity contribution < 1.29 is 5.11 Å². The normalized spacial score (nSPS) is 18.6. The van der Waals surface area contributed by atoms with E-state index in [0.717, 1.165) is 42.9 Å². The first-order valence-corrected chi connectivity index (χ1v) is 7.42. The maximum absolute atomic E-state index is 10.6. The molecule has 0 radical (unpaired) electrons. The molecule has 1 fully saturated rings. The molecule has 4 nitrogen and oxygen atoms in total. The lowest BCUT2D eigenvalue weighted by molar-refractivity contribution is -0.0158. The van der Waals surface area contributed by atoms with Crippen LogP contribution in [0, 0.1) is 0 Å². The predicted molar refractivity (Wildman–Crippen MR) is 82.9 cm³/mol. The molecule has 21 heavy (non-hydrogen) atoms. The summed E-state index contributed by atoms with van der Waals surface area (Å²) >= 11 is 0. The number of benzene rings is 1. The van der Waals surface area contributed by atoms with Crippen molar-refractivity contribution in [1.29, 1.82) is 0 Å². The van der Waals surface area contributed by atoms with Crippen LogP contribution >= 0.6 is 0 Å². The van der Waals surface area contributed by atoms with Crippen LogP contribution in [-0.2, 0) is 6.42 Å². The Morgan fingerprint density at radius 1 is 1.10 bits per heavy atom. The summed E-state index contributed by atoms with van der Waals surface area (Å²) in [6, 6.07) is 10.0. The van der Waals surface area contributed by atoms with Crippen LogP contribution in [0.2, 0.25) is 0 Å². The minimum absolute atomic E-state index is 0.586. The standard InChI is InChI=1S/C17H21N3O/c1-20-9-7-17(21,8-10-20)11-15-12-19-16(13-18-15)14-5-3-2-4-6-14/h2-6,12-13,21H,7-11H2,1H3. The van der Waals surface area contributed by atoms with Gasteiger partial charge in [-0.15, -0.1) is 0 Å². The van der Waals surface area contributed by atoms with Gasteiger partial charge in [0.15, 0.2) is 0 Å². The van der Waals surface area contributed by atoms with E-state index >= 15 is 0 Å². The Morgan fingerprint density at radius 2 is 1.81 bits per heavy atom. The highest BCUT2D eigenvalue weighted by molar-refractivity contribution is 5.57. The smallest absolute Gasteiger partial charge is 0.0885 e. The number of rotatable bonds is 3. The van der Waals surface area contributed by atoms with Crippen molar-refractivity contribution in [2.24, 2.45) is 0 Å². The molecule has 0 aliphatic carbocycles. The second-order valence-corrected chi connectivity index (χ2v) is 5.96. The molecule has 1 saturated heterocycles. The quantitative estimate of drug-likeness (QED) is 0.937. The van der Waals surface area contributed by atoms with E-state index in [-0.39, 0.29) is 0 Å². The van der Waals surface area contributed by atoms with Crippen LogP contribution in [0.25, 0.3) is 11.3 Å². The monoisotopic (exact) mass is 283 g/mol. The molecule has 1 aliphatic heterocycles. The lowest BCUT2D eigenvalue weighted by atomic mass is 9.87. The molecule has 1 aromatic carbocycles. The van der Waals surface area contributed by atoms with E-state index in [9.17, 15) is 5.11 Å². The molecule has 1 N–H and O–H groups in total. The van der Waals surface area contributed by atoms with E-state index in [2.05, 4.69) is 21.9 Å². The molecular weight excluding hydrogens is 262 g/mol. The summed E-state index contributed by atoms with van der Waals surface area (Å²) in [5.74, 6) is 0. The Hall–Kier alpha value is -1.78. The van der Waals surface area contributed by atoms with Gasteiger partial charge in [-0.2, -0.15) is 0 Å². The summed E-state index contributed by atoms with van der Waals surface area (Å²) in [6.45, 7) is 1.87. The summed E-state index contributed by atoms with van der Waals surface area (Å²) < 4.78 is 0. The van der Waals surface area contributed by atoms with Crippen molar-refractivity contribution in [1.82, 2.24) is 14.9 Å². The number of aromatic nitrogens is 2. The molecule has 2 heterocycles. The summed E-state index contributed by atoms with van der Waals surface area (Å²) in [4.78, 5) is 11.2. The average molecular weight is 283 g/mol. The Morgan fingerprint density at radius 3 is 2.43 bits per heavy atom. The highest BCUT2D eigenvalue weighted by atomic mass is 16.3. The molecule has 0 spiro atoms. The van der Waals surface area contributed by atoms with Gasteiger partial charge in [-0.3, -0.25) is 9.97 Å². The van der Waals surface area contributed by atoms with Gasteiger partial charge in [-0.1, -0.05) is 30.3 Å². The largest absolute Gasteiger partial charge is 0.389 e. The van der Waals surface area contributed by atoms with E-state index in [1.807, 2.05) is 30.3 Å². The van der Waals surface area contributed by atoms with E-state index < -0.39 is 5.60 Å². The summed E-state index contributed by atoms with van der Waals surface area (Å²) in [6.07, 6.45) is 5.77. The van der Waals surface area contributed by atoms with Gasteiger partial charge in [-0.05, 0) is 19.9 Å². The third kappa shape index (κ3) is 3.46. The van der Waals surface area contributed by atoms with E-state index in [1.54, 1.807) is 12.4 Å². The van der Waals surface area contributed by atoms with Gasteiger partial charge in [-0.25, -0.2) is 0 Å². The van der Waals surface area contributed by atoms with Crippen molar-refractivity contribution >= 4 is 0 Å². The SMILES string of the molecule is CN1CCC(O)(Cc2cnc(-c3ccccc3)cn2)CC1. The highest BCUT2D eigenvalue weighted by Crippen LogP contribution is 2.25. The molecule has 4 heteroatoms. The van der Waals surface area contributed by atoms with Gasteiger partial charge in [0.1, 0.15) is 0 Å². The molecule has 110 valence electrons. The van der Waals surface area contributed by atoms with Gasteiger partial charge in [0.2, 0.25) is 0 Å².